The molecule has 0 aromatic carbocycles. The Balaban J connectivity index is 0.00000156. The Bertz CT molecular complexity index is 576. The van der Waals surface area contributed by atoms with Gasteiger partial charge in [-0.15, -0.1) is 23.7 Å². The largest absolute Gasteiger partial charge is 0.338 e. The average Bonchev–Trinajstić information content (AvgIpc) is 3.08. The molecular weight excluding hydrogens is 328 g/mol. The first-order valence-electron chi connectivity index (χ1n) is 8.75. The van der Waals surface area contributed by atoms with Crippen molar-refractivity contribution < 1.29 is 4.79 Å². The minimum Gasteiger partial charge on any atom is -0.338 e. The maximum Gasteiger partial charge on any atom is 0.263 e. The van der Waals surface area contributed by atoms with E-state index in [-0.39, 0.29) is 18.3 Å². The smallest absolute Gasteiger partial charge is 0.263 e. The molecular formula is C18H27ClN2OS. The van der Waals surface area contributed by atoms with Gasteiger partial charge in [-0.05, 0) is 62.5 Å². The quantitative estimate of drug-likeness (QED) is 0.879. The highest BCUT2D eigenvalue weighted by Gasteiger charge is 2.37. The number of rotatable bonds is 2. The number of nitrogens with zero attached hydrogens (tertiary/aromatic N) is 1. The fraction of sp³-hybridized carbons (Fsp3) is 0.722. The van der Waals surface area contributed by atoms with Crippen molar-refractivity contribution in [3.63, 3.8) is 0 Å². The van der Waals surface area contributed by atoms with Crippen LogP contribution < -0.4 is 5.32 Å². The van der Waals surface area contributed by atoms with Gasteiger partial charge in [0.05, 0.1) is 4.88 Å². The lowest BCUT2D eigenvalue weighted by Crippen LogP contribution is -2.48. The number of fused-ring (bicyclic) bond motifs is 3. The van der Waals surface area contributed by atoms with Crippen molar-refractivity contribution in [1.29, 1.82) is 0 Å². The van der Waals surface area contributed by atoms with Gasteiger partial charge >= 0.3 is 0 Å². The summed E-state index contributed by atoms with van der Waals surface area (Å²) in [6, 6.07) is 3.88. The Morgan fingerprint density at radius 2 is 1.96 bits per heavy atom. The van der Waals surface area contributed by atoms with Crippen molar-refractivity contribution in [3.8, 4) is 0 Å². The number of piperidine rings is 1. The molecule has 1 aromatic rings. The van der Waals surface area contributed by atoms with Crippen LogP contribution in [0.1, 0.15) is 59.1 Å². The molecule has 0 saturated carbocycles. The second kappa shape index (κ2) is 6.73. The molecule has 1 aliphatic carbocycles. The molecule has 23 heavy (non-hydrogen) atoms. The molecule has 2 saturated heterocycles. The Morgan fingerprint density at radius 3 is 2.65 bits per heavy atom. The van der Waals surface area contributed by atoms with Gasteiger partial charge in [-0.2, -0.15) is 0 Å². The van der Waals surface area contributed by atoms with Gasteiger partial charge in [0.15, 0.2) is 0 Å². The summed E-state index contributed by atoms with van der Waals surface area (Å²) in [5.74, 6) is 1.01. The average molecular weight is 355 g/mol. The SMILES string of the molecule is CC1CCc2sc(C(=O)N(C)C3CC4CCC(C3)N4)cc2C1.Cl. The van der Waals surface area contributed by atoms with E-state index in [1.807, 2.05) is 11.9 Å². The summed E-state index contributed by atoms with van der Waals surface area (Å²) in [7, 11) is 2.01. The zero-order valence-corrected chi connectivity index (χ0v) is 15.6. The first kappa shape index (κ1) is 17.2. The predicted octanol–water partition coefficient (Wildman–Crippen LogP) is 3.65. The van der Waals surface area contributed by atoms with Gasteiger partial charge in [0.25, 0.3) is 5.91 Å². The van der Waals surface area contributed by atoms with Crippen LogP contribution in [-0.4, -0.2) is 36.0 Å². The maximum atomic E-state index is 12.9. The number of halogens is 1. The first-order valence-corrected chi connectivity index (χ1v) is 9.56. The topological polar surface area (TPSA) is 32.3 Å². The second-order valence-electron chi connectivity index (χ2n) is 7.59. The van der Waals surface area contributed by atoms with E-state index in [9.17, 15) is 4.79 Å². The van der Waals surface area contributed by atoms with Crippen molar-refractivity contribution in [2.75, 3.05) is 7.05 Å². The first-order chi connectivity index (χ1) is 10.6. The number of nitrogens with one attached hydrogen (secondary N) is 1. The highest BCUT2D eigenvalue weighted by atomic mass is 35.5. The number of amides is 1. The monoisotopic (exact) mass is 354 g/mol. The van der Waals surface area contributed by atoms with E-state index in [0.717, 1.165) is 36.5 Å². The second-order valence-corrected chi connectivity index (χ2v) is 8.72. The van der Waals surface area contributed by atoms with E-state index in [4.69, 9.17) is 0 Å². The van der Waals surface area contributed by atoms with Crippen LogP contribution in [0.3, 0.4) is 0 Å². The minimum atomic E-state index is 0. The molecule has 0 radical (unpaired) electrons. The highest BCUT2D eigenvalue weighted by molar-refractivity contribution is 7.14. The van der Waals surface area contributed by atoms with Crippen LogP contribution >= 0.6 is 23.7 Å². The van der Waals surface area contributed by atoms with Crippen molar-refractivity contribution in [2.24, 2.45) is 5.92 Å². The van der Waals surface area contributed by atoms with Crippen LogP contribution in [0.4, 0.5) is 0 Å². The third kappa shape index (κ3) is 3.31. The fourth-order valence-corrected chi connectivity index (χ4v) is 5.69. The third-order valence-electron chi connectivity index (χ3n) is 5.86. The number of aryl methyl sites for hydroxylation is 1. The molecule has 2 aliphatic heterocycles. The van der Waals surface area contributed by atoms with Crippen molar-refractivity contribution in [1.82, 2.24) is 10.2 Å². The number of carbonyl (C=O) groups is 1. The van der Waals surface area contributed by atoms with Crippen LogP contribution in [0.5, 0.6) is 0 Å². The molecule has 1 aromatic heterocycles. The van der Waals surface area contributed by atoms with Crippen LogP contribution in [0, 0.1) is 5.92 Å². The number of hydrogen-bond donors (Lipinski definition) is 1. The van der Waals surface area contributed by atoms with Gasteiger partial charge < -0.3 is 10.2 Å². The van der Waals surface area contributed by atoms with E-state index in [0.29, 0.717) is 18.1 Å². The molecule has 2 fully saturated rings. The van der Waals surface area contributed by atoms with E-state index >= 15 is 0 Å². The van der Waals surface area contributed by atoms with Crippen molar-refractivity contribution >= 4 is 29.7 Å². The Labute approximate surface area is 149 Å². The molecule has 3 heterocycles. The molecule has 2 bridgehead atoms. The summed E-state index contributed by atoms with van der Waals surface area (Å²) in [5, 5.41) is 3.66. The van der Waals surface area contributed by atoms with Gasteiger partial charge in [0, 0.05) is 30.1 Å². The van der Waals surface area contributed by atoms with Gasteiger partial charge in [-0.3, -0.25) is 4.79 Å². The molecule has 5 heteroatoms. The van der Waals surface area contributed by atoms with Crippen LogP contribution in [0.2, 0.25) is 0 Å². The summed E-state index contributed by atoms with van der Waals surface area (Å²) in [5.41, 5.74) is 1.44. The molecule has 3 unspecified atom stereocenters. The lowest BCUT2D eigenvalue weighted by atomic mass is 9.90. The third-order valence-corrected chi connectivity index (χ3v) is 7.08. The summed E-state index contributed by atoms with van der Waals surface area (Å²) in [6.07, 6.45) is 8.41. The van der Waals surface area contributed by atoms with E-state index in [2.05, 4.69) is 18.3 Å². The summed E-state index contributed by atoms with van der Waals surface area (Å²) in [4.78, 5) is 17.4. The van der Waals surface area contributed by atoms with Crippen LogP contribution in [0.15, 0.2) is 6.07 Å². The van der Waals surface area contributed by atoms with Gasteiger partial charge in [-0.1, -0.05) is 6.92 Å². The molecule has 1 amide bonds. The lowest BCUT2D eigenvalue weighted by molar-refractivity contribution is 0.0686. The standard InChI is InChI=1S/C18H26N2OS.ClH/c1-11-3-6-16-12(7-11)8-17(22-16)18(21)20(2)15-9-13-4-5-14(10-15)19-13;/h8,11,13-15,19H,3-7,9-10H2,1-2H3;1H. The van der Waals surface area contributed by atoms with E-state index in [1.165, 1.54) is 29.7 Å². The normalized spacial score (nSPS) is 32.1. The number of thiophene rings is 1. The number of hydrogen-bond acceptors (Lipinski definition) is 3. The molecule has 3 nitrogen and oxygen atoms in total. The summed E-state index contributed by atoms with van der Waals surface area (Å²) < 4.78 is 0. The zero-order chi connectivity index (χ0) is 15.3. The Kier molecular flexibility index (Phi) is 5.05. The predicted molar refractivity (Wildman–Crippen MR) is 97.8 cm³/mol. The van der Waals surface area contributed by atoms with Crippen molar-refractivity contribution in [2.45, 2.75) is 70.0 Å². The van der Waals surface area contributed by atoms with Crippen LogP contribution in [0.25, 0.3) is 0 Å². The van der Waals surface area contributed by atoms with E-state index < -0.39 is 0 Å². The van der Waals surface area contributed by atoms with Crippen molar-refractivity contribution in [3.05, 3.63) is 21.4 Å². The molecule has 3 aliphatic rings. The molecule has 4 rings (SSSR count). The lowest BCUT2D eigenvalue weighted by Gasteiger charge is -2.35. The molecule has 3 atom stereocenters. The van der Waals surface area contributed by atoms with E-state index in [1.54, 1.807) is 11.3 Å². The maximum absolute atomic E-state index is 12.9. The minimum absolute atomic E-state index is 0. The number of carbonyl (C=O) groups excluding carboxylic acids is 1. The highest BCUT2D eigenvalue weighted by Crippen LogP contribution is 2.34. The van der Waals surface area contributed by atoms with Crippen LogP contribution in [-0.2, 0) is 12.8 Å². The molecule has 128 valence electrons. The zero-order valence-electron chi connectivity index (χ0n) is 14.0. The Morgan fingerprint density at radius 1 is 1.26 bits per heavy atom. The fourth-order valence-electron chi connectivity index (χ4n) is 4.49. The van der Waals surface area contributed by atoms with Gasteiger partial charge in [0.1, 0.15) is 0 Å². The molecule has 1 N–H and O–H groups in total. The molecule has 0 spiro atoms. The summed E-state index contributed by atoms with van der Waals surface area (Å²) in [6.45, 7) is 2.32. The Hall–Kier alpha value is -0.580. The van der Waals surface area contributed by atoms with Gasteiger partial charge in [0.2, 0.25) is 0 Å². The van der Waals surface area contributed by atoms with Gasteiger partial charge in [-0.25, -0.2) is 0 Å². The summed E-state index contributed by atoms with van der Waals surface area (Å²) >= 11 is 1.75.